The van der Waals surface area contributed by atoms with Gasteiger partial charge in [-0.1, -0.05) is 48.5 Å². The Balaban J connectivity index is 1.41. The van der Waals surface area contributed by atoms with Gasteiger partial charge in [0.05, 0.1) is 17.7 Å². The van der Waals surface area contributed by atoms with Gasteiger partial charge in [0, 0.05) is 30.1 Å². The lowest BCUT2D eigenvalue weighted by atomic mass is 10.0. The number of nitrogens with zero attached hydrogens (tertiary/aromatic N) is 2. The number of amides is 1. The van der Waals surface area contributed by atoms with Crippen LogP contribution in [0.5, 0.6) is 5.75 Å². The maximum absolute atomic E-state index is 13.4. The number of rotatable bonds is 4. The molecule has 8 heteroatoms. The van der Waals surface area contributed by atoms with Gasteiger partial charge < -0.3 is 9.47 Å². The molecule has 2 aliphatic heterocycles. The van der Waals surface area contributed by atoms with Gasteiger partial charge in [-0.15, -0.1) is 0 Å². The van der Waals surface area contributed by atoms with Crippen molar-refractivity contribution in [1.29, 1.82) is 0 Å². The molecule has 1 saturated heterocycles. The largest absolute Gasteiger partial charge is 0.495 e. The number of cyclic esters (lactones) is 1. The standard InChI is InChI=1S/C24H24N2O5S/c1-30-21-10-4-8-18-16-31-24(27)26(23(18)21)19-12-14-25(15-13-19)32(28,29)22-11-5-7-17-6-2-3-9-20(17)22/h2-11,19H,12-16H2,1H3. The van der Waals surface area contributed by atoms with E-state index in [1.165, 1.54) is 4.31 Å². The molecule has 0 aromatic heterocycles. The summed E-state index contributed by atoms with van der Waals surface area (Å²) in [6.45, 7) is 0.852. The minimum absolute atomic E-state index is 0.170. The van der Waals surface area contributed by atoms with Gasteiger partial charge in [-0.3, -0.25) is 4.90 Å². The van der Waals surface area contributed by atoms with Crippen LogP contribution >= 0.6 is 0 Å². The molecule has 2 heterocycles. The highest BCUT2D eigenvalue weighted by Crippen LogP contribution is 2.39. The number of hydrogen-bond acceptors (Lipinski definition) is 5. The summed E-state index contributed by atoms with van der Waals surface area (Å²) in [5.41, 5.74) is 1.61. The summed E-state index contributed by atoms with van der Waals surface area (Å²) >= 11 is 0. The topological polar surface area (TPSA) is 76.2 Å². The molecule has 166 valence electrons. The molecular formula is C24H24N2O5S. The minimum Gasteiger partial charge on any atom is -0.495 e. The number of hydrogen-bond donors (Lipinski definition) is 0. The number of fused-ring (bicyclic) bond motifs is 2. The van der Waals surface area contributed by atoms with Gasteiger partial charge in [0.15, 0.2) is 0 Å². The molecule has 0 N–H and O–H groups in total. The molecule has 0 unspecified atom stereocenters. The van der Waals surface area contributed by atoms with Crippen LogP contribution in [0.3, 0.4) is 0 Å². The summed E-state index contributed by atoms with van der Waals surface area (Å²) in [6, 6.07) is 18.3. The number of sulfonamides is 1. The Bertz CT molecular complexity index is 1260. The average Bonchev–Trinajstić information content (AvgIpc) is 2.83. The van der Waals surface area contributed by atoms with Crippen molar-refractivity contribution in [3.63, 3.8) is 0 Å². The third kappa shape index (κ3) is 3.40. The number of anilines is 1. The molecule has 32 heavy (non-hydrogen) atoms. The van der Waals surface area contributed by atoms with E-state index in [-0.39, 0.29) is 12.6 Å². The lowest BCUT2D eigenvalue weighted by Gasteiger charge is -2.40. The van der Waals surface area contributed by atoms with Crippen LogP contribution in [0.4, 0.5) is 10.5 Å². The van der Waals surface area contributed by atoms with Crippen molar-refractivity contribution >= 4 is 32.6 Å². The zero-order chi connectivity index (χ0) is 22.3. The van der Waals surface area contributed by atoms with Crippen molar-refractivity contribution in [1.82, 2.24) is 4.31 Å². The Morgan fingerprint density at radius 3 is 2.47 bits per heavy atom. The molecule has 0 radical (unpaired) electrons. The molecule has 3 aromatic rings. The molecular weight excluding hydrogens is 428 g/mol. The second-order valence-electron chi connectivity index (χ2n) is 8.01. The Hall–Kier alpha value is -3.10. The van der Waals surface area contributed by atoms with E-state index >= 15 is 0 Å². The molecule has 0 aliphatic carbocycles. The zero-order valence-electron chi connectivity index (χ0n) is 17.7. The van der Waals surface area contributed by atoms with Crippen molar-refractivity contribution in [3.05, 3.63) is 66.2 Å². The molecule has 0 saturated carbocycles. The van der Waals surface area contributed by atoms with Crippen LogP contribution in [0.2, 0.25) is 0 Å². The molecule has 1 fully saturated rings. The quantitative estimate of drug-likeness (QED) is 0.594. The molecule has 0 spiro atoms. The first-order valence-corrected chi connectivity index (χ1v) is 12.0. The average molecular weight is 453 g/mol. The first kappa shape index (κ1) is 20.8. The Morgan fingerprint density at radius 1 is 0.969 bits per heavy atom. The maximum atomic E-state index is 13.4. The molecule has 2 aliphatic rings. The van der Waals surface area contributed by atoms with E-state index in [2.05, 4.69) is 0 Å². The Kier molecular flexibility index (Phi) is 5.27. The molecule has 0 bridgehead atoms. The monoisotopic (exact) mass is 452 g/mol. The second kappa shape index (κ2) is 8.11. The lowest BCUT2D eigenvalue weighted by Crippen LogP contribution is -2.50. The van der Waals surface area contributed by atoms with E-state index in [4.69, 9.17) is 9.47 Å². The predicted octanol–water partition coefficient (Wildman–Crippen LogP) is 4.16. The first-order valence-electron chi connectivity index (χ1n) is 10.6. The molecule has 7 nitrogen and oxygen atoms in total. The van der Waals surface area contributed by atoms with Crippen LogP contribution in [-0.2, 0) is 21.4 Å². The Morgan fingerprint density at radius 2 is 1.69 bits per heavy atom. The fourth-order valence-electron chi connectivity index (χ4n) is 4.65. The number of benzene rings is 3. The smallest absolute Gasteiger partial charge is 0.415 e. The van der Waals surface area contributed by atoms with Crippen LogP contribution < -0.4 is 9.64 Å². The van der Waals surface area contributed by atoms with Crippen molar-refractivity contribution in [2.45, 2.75) is 30.4 Å². The lowest BCUT2D eigenvalue weighted by molar-refractivity contribution is 0.135. The van der Waals surface area contributed by atoms with Crippen molar-refractivity contribution in [2.75, 3.05) is 25.1 Å². The molecule has 1 amide bonds. The second-order valence-corrected chi connectivity index (χ2v) is 9.91. The molecule has 0 atom stereocenters. The van der Waals surface area contributed by atoms with Crippen molar-refractivity contribution in [3.8, 4) is 5.75 Å². The van der Waals surface area contributed by atoms with Gasteiger partial charge in [0.2, 0.25) is 10.0 Å². The third-order valence-electron chi connectivity index (χ3n) is 6.25. The van der Waals surface area contributed by atoms with Crippen LogP contribution in [0.1, 0.15) is 18.4 Å². The van der Waals surface area contributed by atoms with Gasteiger partial charge in [0.1, 0.15) is 12.4 Å². The van der Waals surface area contributed by atoms with E-state index < -0.39 is 16.1 Å². The third-order valence-corrected chi connectivity index (χ3v) is 8.20. The number of methoxy groups -OCH3 is 1. The van der Waals surface area contributed by atoms with Crippen LogP contribution in [-0.4, -0.2) is 45.1 Å². The number of carbonyl (C=O) groups is 1. The van der Waals surface area contributed by atoms with Crippen LogP contribution in [0.25, 0.3) is 10.8 Å². The van der Waals surface area contributed by atoms with Gasteiger partial charge in [0.25, 0.3) is 0 Å². The van der Waals surface area contributed by atoms with Crippen LogP contribution in [0.15, 0.2) is 65.6 Å². The highest BCUT2D eigenvalue weighted by Gasteiger charge is 2.38. The van der Waals surface area contributed by atoms with E-state index in [1.54, 1.807) is 24.1 Å². The highest BCUT2D eigenvalue weighted by molar-refractivity contribution is 7.89. The summed E-state index contributed by atoms with van der Waals surface area (Å²) in [5, 5.41) is 1.61. The minimum atomic E-state index is -3.66. The van der Waals surface area contributed by atoms with Crippen molar-refractivity contribution in [2.24, 2.45) is 0 Å². The van der Waals surface area contributed by atoms with E-state index in [0.29, 0.717) is 36.6 Å². The number of carbonyl (C=O) groups excluding carboxylic acids is 1. The van der Waals surface area contributed by atoms with E-state index in [1.807, 2.05) is 48.5 Å². The van der Waals surface area contributed by atoms with E-state index in [9.17, 15) is 13.2 Å². The highest BCUT2D eigenvalue weighted by atomic mass is 32.2. The van der Waals surface area contributed by atoms with Crippen molar-refractivity contribution < 1.29 is 22.7 Å². The number of ether oxygens (including phenoxy) is 2. The summed E-state index contributed by atoms with van der Waals surface area (Å²) < 4.78 is 39.3. The van der Waals surface area contributed by atoms with E-state index in [0.717, 1.165) is 22.0 Å². The zero-order valence-corrected chi connectivity index (χ0v) is 18.5. The number of para-hydroxylation sites is 1. The fourth-order valence-corrected chi connectivity index (χ4v) is 6.34. The predicted molar refractivity (Wildman–Crippen MR) is 121 cm³/mol. The SMILES string of the molecule is COc1cccc2c1N(C1CCN(S(=O)(=O)c3cccc4ccccc34)CC1)C(=O)OC2. The summed E-state index contributed by atoms with van der Waals surface area (Å²) in [5.74, 6) is 0.616. The van der Waals surface area contributed by atoms with Gasteiger partial charge >= 0.3 is 6.09 Å². The summed E-state index contributed by atoms with van der Waals surface area (Å²) in [6.07, 6.45) is 0.602. The first-order chi connectivity index (χ1) is 15.5. The van der Waals surface area contributed by atoms with Gasteiger partial charge in [-0.05, 0) is 30.4 Å². The summed E-state index contributed by atoms with van der Waals surface area (Å²) in [7, 11) is -2.08. The van der Waals surface area contributed by atoms with Gasteiger partial charge in [-0.2, -0.15) is 4.31 Å². The fraction of sp³-hybridized carbons (Fsp3) is 0.292. The molecule has 5 rings (SSSR count). The van der Waals surface area contributed by atoms with Crippen LogP contribution in [0, 0.1) is 0 Å². The Labute approximate surface area is 187 Å². The van der Waals surface area contributed by atoms with Gasteiger partial charge in [-0.25, -0.2) is 13.2 Å². The molecule has 3 aromatic carbocycles. The number of piperidine rings is 1. The maximum Gasteiger partial charge on any atom is 0.415 e. The normalized spacial score (nSPS) is 17.8. The summed E-state index contributed by atoms with van der Waals surface area (Å²) in [4.78, 5) is 14.6.